The van der Waals surface area contributed by atoms with Crippen molar-refractivity contribution in [3.63, 3.8) is 0 Å². The number of rotatable bonds is 3. The maximum atomic E-state index is 10.2. The van der Waals surface area contributed by atoms with Gasteiger partial charge in [0.2, 0.25) is 0 Å². The standard InChI is InChI=1S/C4H5N3O3S.Li/c1-5-3-7(4-6-2)11(8,9)10;/h3-4H2,(H,8,9,10);/q;+1/p-1. The van der Waals surface area contributed by atoms with Gasteiger partial charge in [-0.15, -0.1) is 0 Å². The van der Waals surface area contributed by atoms with E-state index >= 15 is 0 Å². The minimum atomic E-state index is -4.63. The molecule has 0 saturated heterocycles. The Morgan fingerprint density at radius 2 is 1.58 bits per heavy atom. The van der Waals surface area contributed by atoms with Crippen molar-refractivity contribution in [3.8, 4) is 0 Å². The minimum absolute atomic E-state index is 0. The van der Waals surface area contributed by atoms with Crippen molar-refractivity contribution in [1.82, 2.24) is 4.31 Å². The van der Waals surface area contributed by atoms with Crippen LogP contribution in [-0.4, -0.2) is 30.6 Å². The predicted molar refractivity (Wildman–Crippen MR) is 34.5 cm³/mol. The van der Waals surface area contributed by atoms with Crippen LogP contribution in [0.2, 0.25) is 0 Å². The smallest absolute Gasteiger partial charge is 0.735 e. The van der Waals surface area contributed by atoms with E-state index in [9.17, 15) is 13.0 Å². The molecule has 0 aromatic rings. The van der Waals surface area contributed by atoms with Crippen LogP contribution in [-0.2, 0) is 10.3 Å². The normalized spacial score (nSPS) is 9.67. The van der Waals surface area contributed by atoms with Crippen LogP contribution in [0.15, 0.2) is 0 Å². The predicted octanol–water partition coefficient (Wildman–Crippen LogP) is -3.49. The van der Waals surface area contributed by atoms with Gasteiger partial charge < -0.3 is 4.55 Å². The summed E-state index contributed by atoms with van der Waals surface area (Å²) in [6, 6.07) is 0. The maximum Gasteiger partial charge on any atom is 1.00 e. The fraction of sp³-hybridized carbons (Fsp3) is 0.500. The zero-order valence-electron chi connectivity index (χ0n) is 6.39. The molecule has 0 radical (unpaired) electrons. The Morgan fingerprint density at radius 3 is 1.75 bits per heavy atom. The molecule has 0 heterocycles. The molecule has 0 spiro atoms. The van der Waals surface area contributed by atoms with Crippen LogP contribution in [0.3, 0.4) is 0 Å². The SMILES string of the molecule is [C-]#[N+]CN(C[N+]#[C-])S(=O)(=O)[O-].[Li+]. The molecule has 0 atom stereocenters. The second kappa shape index (κ2) is 6.02. The summed E-state index contributed by atoms with van der Waals surface area (Å²) >= 11 is 0. The van der Waals surface area contributed by atoms with Crippen LogP contribution in [0.1, 0.15) is 0 Å². The zero-order valence-corrected chi connectivity index (χ0v) is 7.21. The van der Waals surface area contributed by atoms with Crippen LogP contribution in [0.25, 0.3) is 9.69 Å². The Labute approximate surface area is 82.9 Å². The third kappa shape index (κ3) is 5.14. The second-order valence-electron chi connectivity index (χ2n) is 1.51. The zero-order chi connectivity index (χ0) is 8.91. The van der Waals surface area contributed by atoms with Gasteiger partial charge in [-0.25, -0.2) is 21.6 Å². The third-order valence-electron chi connectivity index (χ3n) is 0.773. The van der Waals surface area contributed by atoms with Gasteiger partial charge in [-0.2, -0.15) is 0 Å². The van der Waals surface area contributed by atoms with Crippen molar-refractivity contribution in [2.45, 2.75) is 0 Å². The summed E-state index contributed by atoms with van der Waals surface area (Å²) in [5.41, 5.74) is 0. The van der Waals surface area contributed by atoms with Gasteiger partial charge in [-0.3, -0.25) is 9.69 Å². The molecule has 0 amide bonds. The van der Waals surface area contributed by atoms with Crippen LogP contribution in [0.5, 0.6) is 0 Å². The van der Waals surface area contributed by atoms with E-state index in [1.807, 2.05) is 0 Å². The molecule has 12 heavy (non-hydrogen) atoms. The summed E-state index contributed by atoms with van der Waals surface area (Å²) in [6.07, 6.45) is 0. The van der Waals surface area contributed by atoms with Crippen molar-refractivity contribution >= 4 is 10.3 Å². The molecule has 0 fully saturated rings. The van der Waals surface area contributed by atoms with E-state index in [0.29, 0.717) is 0 Å². The van der Waals surface area contributed by atoms with E-state index in [4.69, 9.17) is 13.1 Å². The summed E-state index contributed by atoms with van der Waals surface area (Å²) < 4.78 is 30.8. The Balaban J connectivity index is 0. The fourth-order valence-corrected chi connectivity index (χ4v) is 0.742. The summed E-state index contributed by atoms with van der Waals surface area (Å²) in [6.45, 7) is 11.4. The molecular formula is C4H4LiN3O3S. The third-order valence-corrected chi connectivity index (χ3v) is 1.64. The van der Waals surface area contributed by atoms with Crippen molar-refractivity contribution in [2.75, 3.05) is 13.3 Å². The average molecular weight is 181 g/mol. The van der Waals surface area contributed by atoms with Gasteiger partial charge in [-0.1, -0.05) is 4.31 Å². The first-order valence-corrected chi connectivity index (χ1v) is 3.76. The maximum absolute atomic E-state index is 10.2. The van der Waals surface area contributed by atoms with Crippen LogP contribution >= 0.6 is 0 Å². The first-order chi connectivity index (χ1) is 5.02. The van der Waals surface area contributed by atoms with Crippen molar-refractivity contribution in [1.29, 1.82) is 0 Å². The molecule has 0 aliphatic rings. The largest absolute Gasteiger partial charge is 1.00 e. The van der Waals surface area contributed by atoms with Crippen LogP contribution in [0, 0.1) is 13.1 Å². The van der Waals surface area contributed by atoms with Gasteiger partial charge >= 0.3 is 18.9 Å². The van der Waals surface area contributed by atoms with Crippen molar-refractivity contribution in [2.24, 2.45) is 0 Å². The van der Waals surface area contributed by atoms with Crippen molar-refractivity contribution in [3.05, 3.63) is 22.8 Å². The number of hydrogen-bond donors (Lipinski definition) is 0. The summed E-state index contributed by atoms with van der Waals surface area (Å²) in [5, 5.41) is 0. The Bertz CT molecular complexity index is 284. The van der Waals surface area contributed by atoms with Crippen LogP contribution < -0.4 is 18.9 Å². The van der Waals surface area contributed by atoms with E-state index in [1.54, 1.807) is 0 Å². The average Bonchev–Trinajstić information content (AvgIpc) is 1.85. The molecule has 60 valence electrons. The topological polar surface area (TPSA) is 69.2 Å². The molecular weight excluding hydrogens is 177 g/mol. The second-order valence-corrected chi connectivity index (χ2v) is 2.88. The summed E-state index contributed by atoms with van der Waals surface area (Å²) in [5.74, 6) is 0. The van der Waals surface area contributed by atoms with E-state index in [-0.39, 0.29) is 23.2 Å². The number of hydrogen-bond acceptors (Lipinski definition) is 3. The van der Waals surface area contributed by atoms with Gasteiger partial charge in [0.05, 0.1) is 0 Å². The van der Waals surface area contributed by atoms with Gasteiger partial charge in [-0.05, 0) is 0 Å². The van der Waals surface area contributed by atoms with E-state index in [0.717, 1.165) is 0 Å². The Hall–Kier alpha value is -0.553. The summed E-state index contributed by atoms with van der Waals surface area (Å²) in [4.78, 5) is 5.35. The molecule has 0 aromatic carbocycles. The van der Waals surface area contributed by atoms with Crippen LogP contribution in [0.4, 0.5) is 0 Å². The quantitative estimate of drug-likeness (QED) is 0.258. The molecule has 0 aliphatic carbocycles. The van der Waals surface area contributed by atoms with E-state index in [1.165, 1.54) is 0 Å². The molecule has 8 heteroatoms. The molecule has 6 nitrogen and oxygen atoms in total. The molecule has 0 unspecified atom stereocenters. The molecule has 0 aliphatic heterocycles. The van der Waals surface area contributed by atoms with Gasteiger partial charge in [0, 0.05) is 0 Å². The molecule has 0 bridgehead atoms. The summed E-state index contributed by atoms with van der Waals surface area (Å²) in [7, 11) is -4.63. The Morgan fingerprint density at radius 1 is 1.25 bits per heavy atom. The molecule has 0 aromatic heterocycles. The first kappa shape index (κ1) is 14.0. The van der Waals surface area contributed by atoms with Gasteiger partial charge in [0.15, 0.2) is 10.3 Å². The van der Waals surface area contributed by atoms with Gasteiger partial charge in [0.1, 0.15) is 0 Å². The Kier molecular flexibility index (Phi) is 7.02. The molecule has 0 N–H and O–H groups in total. The first-order valence-electron chi connectivity index (χ1n) is 2.39. The monoisotopic (exact) mass is 181 g/mol. The van der Waals surface area contributed by atoms with E-state index < -0.39 is 23.6 Å². The molecule has 0 saturated carbocycles. The number of nitrogens with zero attached hydrogens (tertiary/aromatic N) is 3. The van der Waals surface area contributed by atoms with Gasteiger partial charge in [0.25, 0.3) is 13.3 Å². The van der Waals surface area contributed by atoms with E-state index in [2.05, 4.69) is 9.69 Å². The minimum Gasteiger partial charge on any atom is -0.735 e. The fourth-order valence-electron chi connectivity index (χ4n) is 0.344. The van der Waals surface area contributed by atoms with Crippen molar-refractivity contribution < 1.29 is 31.8 Å². The molecule has 0 rings (SSSR count).